The number of anilines is 1. The summed E-state index contributed by atoms with van der Waals surface area (Å²) in [6.07, 6.45) is 2.37. The summed E-state index contributed by atoms with van der Waals surface area (Å²) in [7, 11) is 0. The molecule has 0 aliphatic heterocycles. The molecule has 0 aliphatic carbocycles. The third-order valence-electron chi connectivity index (χ3n) is 4.61. The van der Waals surface area contributed by atoms with E-state index in [1.807, 2.05) is 24.3 Å². The molecule has 6 nitrogen and oxygen atoms in total. The first kappa shape index (κ1) is 19.7. The SMILES string of the molecule is CCC(CC)(CC(=O)Nc1cccc(COCc2ccco2)c1)C(=O)O. The summed E-state index contributed by atoms with van der Waals surface area (Å²) in [5.74, 6) is -0.485. The van der Waals surface area contributed by atoms with Crippen molar-refractivity contribution in [1.82, 2.24) is 0 Å². The fourth-order valence-corrected chi connectivity index (χ4v) is 2.79. The summed E-state index contributed by atoms with van der Waals surface area (Å²) in [5.41, 5.74) is 0.513. The number of carboxylic acid groups (broad SMARTS) is 1. The summed E-state index contributed by atoms with van der Waals surface area (Å²) in [4.78, 5) is 23.9. The lowest BCUT2D eigenvalue weighted by atomic mass is 9.79. The van der Waals surface area contributed by atoms with Crippen molar-refractivity contribution in [3.63, 3.8) is 0 Å². The van der Waals surface area contributed by atoms with Crippen LogP contribution in [-0.2, 0) is 27.5 Å². The predicted molar refractivity (Wildman–Crippen MR) is 97.5 cm³/mol. The van der Waals surface area contributed by atoms with Gasteiger partial charge < -0.3 is 19.6 Å². The van der Waals surface area contributed by atoms with Crippen LogP contribution in [0.1, 0.15) is 44.4 Å². The second-order valence-corrected chi connectivity index (χ2v) is 6.29. The number of carboxylic acids is 1. The summed E-state index contributed by atoms with van der Waals surface area (Å²) in [5, 5.41) is 12.2. The highest BCUT2D eigenvalue weighted by Gasteiger charge is 2.37. The lowest BCUT2D eigenvalue weighted by Gasteiger charge is -2.25. The monoisotopic (exact) mass is 359 g/mol. The summed E-state index contributed by atoms with van der Waals surface area (Å²) in [6.45, 7) is 4.34. The molecule has 2 N–H and O–H groups in total. The first-order chi connectivity index (χ1) is 12.5. The van der Waals surface area contributed by atoms with Gasteiger partial charge in [-0.1, -0.05) is 26.0 Å². The normalized spacial score (nSPS) is 11.3. The van der Waals surface area contributed by atoms with Gasteiger partial charge in [-0.2, -0.15) is 0 Å². The zero-order chi connectivity index (χ0) is 19.0. The molecular weight excluding hydrogens is 334 g/mol. The Balaban J connectivity index is 1.92. The minimum Gasteiger partial charge on any atom is -0.481 e. The quantitative estimate of drug-likeness (QED) is 0.663. The molecule has 0 fully saturated rings. The highest BCUT2D eigenvalue weighted by Crippen LogP contribution is 2.31. The molecule has 1 aromatic heterocycles. The Labute approximate surface area is 153 Å². The first-order valence-corrected chi connectivity index (χ1v) is 8.71. The van der Waals surface area contributed by atoms with E-state index in [0.29, 0.717) is 31.7 Å². The third kappa shape index (κ3) is 5.20. The highest BCUT2D eigenvalue weighted by molar-refractivity contribution is 5.94. The van der Waals surface area contributed by atoms with Crippen molar-refractivity contribution in [3.05, 3.63) is 54.0 Å². The Bertz CT molecular complexity index is 720. The number of nitrogens with one attached hydrogen (secondary N) is 1. The maximum atomic E-state index is 12.3. The van der Waals surface area contributed by atoms with Crippen molar-refractivity contribution in [2.45, 2.75) is 46.3 Å². The first-order valence-electron chi connectivity index (χ1n) is 8.71. The fraction of sp³-hybridized carbons (Fsp3) is 0.400. The predicted octanol–water partition coefficient (Wildman–Crippen LogP) is 4.22. The number of hydrogen-bond donors (Lipinski definition) is 2. The molecule has 0 saturated heterocycles. The van der Waals surface area contributed by atoms with E-state index in [-0.39, 0.29) is 12.3 Å². The van der Waals surface area contributed by atoms with Crippen LogP contribution in [0.2, 0.25) is 0 Å². The Morgan fingerprint density at radius 1 is 1.15 bits per heavy atom. The molecule has 0 bridgehead atoms. The van der Waals surface area contributed by atoms with E-state index < -0.39 is 11.4 Å². The molecular formula is C20H25NO5. The van der Waals surface area contributed by atoms with Crippen LogP contribution in [-0.4, -0.2) is 17.0 Å². The largest absolute Gasteiger partial charge is 0.481 e. The van der Waals surface area contributed by atoms with E-state index in [1.54, 1.807) is 32.2 Å². The van der Waals surface area contributed by atoms with Gasteiger partial charge in [0.05, 0.1) is 18.3 Å². The molecule has 0 radical (unpaired) electrons. The van der Waals surface area contributed by atoms with Gasteiger partial charge in [0.2, 0.25) is 5.91 Å². The van der Waals surface area contributed by atoms with Crippen molar-refractivity contribution in [2.24, 2.45) is 5.41 Å². The van der Waals surface area contributed by atoms with Crippen molar-refractivity contribution >= 4 is 17.6 Å². The molecule has 2 rings (SSSR count). The molecule has 0 atom stereocenters. The van der Waals surface area contributed by atoms with Crippen LogP contribution < -0.4 is 5.32 Å². The fourth-order valence-electron chi connectivity index (χ4n) is 2.79. The average molecular weight is 359 g/mol. The lowest BCUT2D eigenvalue weighted by molar-refractivity contribution is -0.151. The number of amides is 1. The Hall–Kier alpha value is -2.60. The number of benzene rings is 1. The summed E-state index contributed by atoms with van der Waals surface area (Å²) >= 11 is 0. The standard InChI is InChI=1S/C20H25NO5/c1-3-20(4-2,19(23)24)12-18(22)21-16-8-5-7-15(11-16)13-25-14-17-9-6-10-26-17/h5-11H,3-4,12-14H2,1-2H3,(H,21,22)(H,23,24). The van der Waals surface area contributed by atoms with Gasteiger partial charge >= 0.3 is 5.97 Å². The van der Waals surface area contributed by atoms with Crippen LogP contribution in [0.4, 0.5) is 5.69 Å². The highest BCUT2D eigenvalue weighted by atomic mass is 16.5. The average Bonchev–Trinajstić information content (AvgIpc) is 3.13. The minimum absolute atomic E-state index is 0.0471. The van der Waals surface area contributed by atoms with Crippen LogP contribution in [0, 0.1) is 5.41 Å². The Kier molecular flexibility index (Phi) is 6.97. The van der Waals surface area contributed by atoms with Gasteiger partial charge in [0.15, 0.2) is 0 Å². The second-order valence-electron chi connectivity index (χ2n) is 6.29. The lowest BCUT2D eigenvalue weighted by Crippen LogP contribution is -2.34. The van der Waals surface area contributed by atoms with Crippen LogP contribution >= 0.6 is 0 Å². The Morgan fingerprint density at radius 2 is 1.92 bits per heavy atom. The van der Waals surface area contributed by atoms with Crippen LogP contribution in [0.25, 0.3) is 0 Å². The van der Waals surface area contributed by atoms with Crippen molar-refractivity contribution in [2.75, 3.05) is 5.32 Å². The van der Waals surface area contributed by atoms with Gasteiger partial charge in [-0.05, 0) is 42.7 Å². The van der Waals surface area contributed by atoms with Crippen LogP contribution in [0.3, 0.4) is 0 Å². The van der Waals surface area contributed by atoms with Gasteiger partial charge in [-0.15, -0.1) is 0 Å². The molecule has 1 heterocycles. The maximum absolute atomic E-state index is 12.3. The van der Waals surface area contributed by atoms with Crippen molar-refractivity contribution < 1.29 is 23.8 Å². The molecule has 0 spiro atoms. The molecule has 0 aliphatic rings. The van der Waals surface area contributed by atoms with Gasteiger partial charge in [-0.3, -0.25) is 9.59 Å². The minimum atomic E-state index is -1.02. The van der Waals surface area contributed by atoms with Gasteiger partial charge in [-0.25, -0.2) is 0 Å². The van der Waals surface area contributed by atoms with E-state index in [0.717, 1.165) is 11.3 Å². The Morgan fingerprint density at radius 3 is 2.54 bits per heavy atom. The molecule has 0 saturated carbocycles. The topological polar surface area (TPSA) is 88.8 Å². The summed E-state index contributed by atoms with van der Waals surface area (Å²) in [6, 6.07) is 11.0. The van der Waals surface area contributed by atoms with Crippen molar-refractivity contribution in [3.8, 4) is 0 Å². The smallest absolute Gasteiger partial charge is 0.310 e. The van der Waals surface area contributed by atoms with E-state index in [9.17, 15) is 14.7 Å². The zero-order valence-electron chi connectivity index (χ0n) is 15.2. The van der Waals surface area contributed by atoms with Crippen LogP contribution in [0.15, 0.2) is 47.1 Å². The number of carbonyl (C=O) groups is 2. The van der Waals surface area contributed by atoms with Crippen molar-refractivity contribution in [1.29, 1.82) is 0 Å². The molecule has 140 valence electrons. The van der Waals surface area contributed by atoms with E-state index in [4.69, 9.17) is 9.15 Å². The third-order valence-corrected chi connectivity index (χ3v) is 4.61. The maximum Gasteiger partial charge on any atom is 0.310 e. The van der Waals surface area contributed by atoms with Gasteiger partial charge in [0.25, 0.3) is 0 Å². The number of hydrogen-bond acceptors (Lipinski definition) is 4. The van der Waals surface area contributed by atoms with E-state index >= 15 is 0 Å². The number of rotatable bonds is 10. The molecule has 6 heteroatoms. The molecule has 2 aromatic rings. The number of aliphatic carboxylic acids is 1. The number of ether oxygens (including phenoxy) is 1. The number of carbonyl (C=O) groups excluding carboxylic acids is 1. The van der Waals surface area contributed by atoms with E-state index in [1.165, 1.54) is 0 Å². The molecule has 1 amide bonds. The van der Waals surface area contributed by atoms with Gasteiger partial charge in [0, 0.05) is 12.1 Å². The second kappa shape index (κ2) is 9.20. The summed E-state index contributed by atoms with van der Waals surface area (Å²) < 4.78 is 10.8. The molecule has 26 heavy (non-hydrogen) atoms. The van der Waals surface area contributed by atoms with E-state index in [2.05, 4.69) is 5.32 Å². The number of furan rings is 1. The van der Waals surface area contributed by atoms with Crippen LogP contribution in [0.5, 0.6) is 0 Å². The van der Waals surface area contributed by atoms with Gasteiger partial charge in [0.1, 0.15) is 12.4 Å². The molecule has 1 aromatic carbocycles. The molecule has 0 unspecified atom stereocenters. The zero-order valence-corrected chi connectivity index (χ0v) is 15.2.